The summed E-state index contributed by atoms with van der Waals surface area (Å²) >= 11 is 1.86. The molecule has 0 fully saturated rings. The number of hydrogen-bond acceptors (Lipinski definition) is 4. The summed E-state index contributed by atoms with van der Waals surface area (Å²) in [5.74, 6) is 1.94. The molecule has 0 atom stereocenters. The maximum Gasteiger partial charge on any atom is 0.164 e. The number of rotatable bonds is 6. The molecule has 11 aromatic rings. The van der Waals surface area contributed by atoms with E-state index in [0.29, 0.717) is 17.5 Å². The van der Waals surface area contributed by atoms with E-state index in [4.69, 9.17) is 15.0 Å². The smallest absolute Gasteiger partial charge is 0.164 e. The van der Waals surface area contributed by atoms with E-state index in [-0.39, 0.29) is 0 Å². The first-order valence-electron chi connectivity index (χ1n) is 20.4. The molecule has 0 N–H and O–H groups in total. The summed E-state index contributed by atoms with van der Waals surface area (Å²) in [7, 11) is 0. The number of thiophene rings is 1. The second-order valence-corrected chi connectivity index (χ2v) is 16.6. The summed E-state index contributed by atoms with van der Waals surface area (Å²) in [6.45, 7) is 0. The van der Waals surface area contributed by atoms with Crippen LogP contribution in [0.25, 0.3) is 87.4 Å². The lowest BCUT2D eigenvalue weighted by Gasteiger charge is -2.34. The summed E-state index contributed by atoms with van der Waals surface area (Å²) < 4.78 is 2.52. The first-order valence-corrected chi connectivity index (χ1v) is 21.2. The Hall–Kier alpha value is -7.53. The fourth-order valence-electron chi connectivity index (χ4n) is 9.59. The predicted octanol–water partition coefficient (Wildman–Crippen LogP) is 14.4. The number of aromatic nitrogens is 3. The van der Waals surface area contributed by atoms with E-state index in [1.165, 1.54) is 59.1 Å². The zero-order chi connectivity index (χ0) is 39.6. The lowest BCUT2D eigenvalue weighted by molar-refractivity contribution is 0.770. The van der Waals surface area contributed by atoms with Gasteiger partial charge in [-0.25, -0.2) is 15.0 Å². The van der Waals surface area contributed by atoms with Gasteiger partial charge in [0, 0.05) is 36.9 Å². The first-order chi connectivity index (χ1) is 29.7. The molecule has 0 saturated carbocycles. The van der Waals surface area contributed by atoms with Gasteiger partial charge in [-0.1, -0.05) is 182 Å². The molecule has 2 aromatic heterocycles. The maximum absolute atomic E-state index is 5.20. The molecule has 3 nitrogen and oxygen atoms in total. The van der Waals surface area contributed by atoms with Crippen molar-refractivity contribution in [3.05, 3.63) is 235 Å². The van der Waals surface area contributed by atoms with Crippen molar-refractivity contribution in [1.29, 1.82) is 0 Å². The second kappa shape index (κ2) is 13.8. The minimum Gasteiger partial charge on any atom is -0.208 e. The Balaban J connectivity index is 1.11. The largest absolute Gasteiger partial charge is 0.208 e. The van der Waals surface area contributed by atoms with Gasteiger partial charge in [0.1, 0.15) is 0 Å². The molecule has 2 heterocycles. The zero-order valence-corrected chi connectivity index (χ0v) is 33.3. The van der Waals surface area contributed by atoms with Crippen molar-refractivity contribution < 1.29 is 0 Å². The van der Waals surface area contributed by atoms with Crippen LogP contribution in [0.5, 0.6) is 0 Å². The topological polar surface area (TPSA) is 38.7 Å². The van der Waals surface area contributed by atoms with Crippen LogP contribution in [0, 0.1) is 0 Å². The number of fused-ring (bicyclic) bond motifs is 7. The summed E-state index contributed by atoms with van der Waals surface area (Å²) in [6, 6.07) is 76.5. The Morgan fingerprint density at radius 1 is 0.333 bits per heavy atom. The van der Waals surface area contributed by atoms with Crippen LogP contribution in [0.15, 0.2) is 212 Å². The van der Waals surface area contributed by atoms with E-state index in [2.05, 4.69) is 176 Å². The van der Waals surface area contributed by atoms with E-state index >= 15 is 0 Å². The molecule has 0 amide bonds. The van der Waals surface area contributed by atoms with E-state index in [9.17, 15) is 0 Å². The van der Waals surface area contributed by atoms with Crippen molar-refractivity contribution in [3.8, 4) is 56.4 Å². The van der Waals surface area contributed by atoms with Gasteiger partial charge >= 0.3 is 0 Å². The average Bonchev–Trinajstić information content (AvgIpc) is 3.86. The van der Waals surface area contributed by atoms with Gasteiger partial charge in [0.15, 0.2) is 17.5 Å². The fourth-order valence-corrected chi connectivity index (χ4v) is 10.7. The highest BCUT2D eigenvalue weighted by atomic mass is 32.1. The van der Waals surface area contributed by atoms with Crippen LogP contribution in [0.2, 0.25) is 0 Å². The van der Waals surface area contributed by atoms with E-state index in [1.54, 1.807) is 0 Å². The van der Waals surface area contributed by atoms with Crippen LogP contribution < -0.4 is 0 Å². The SMILES string of the molecule is c1ccc(-c2nc(-c3ccccc3)nc(-c3cc(-c4cccc5sc6ccc(C7(c8ccccc8)c8ccccc8-c8ccccc87)cc6c45)cc4ccccc34)n2)cc1. The second-order valence-electron chi connectivity index (χ2n) is 15.5. The third kappa shape index (κ3) is 5.31. The van der Waals surface area contributed by atoms with Gasteiger partial charge in [-0.2, -0.15) is 0 Å². The lowest BCUT2D eigenvalue weighted by Crippen LogP contribution is -2.28. The molecule has 1 aliphatic rings. The Morgan fingerprint density at radius 2 is 0.900 bits per heavy atom. The van der Waals surface area contributed by atoms with Gasteiger partial charge in [-0.3, -0.25) is 0 Å². The molecular weight excluding hydrogens is 747 g/mol. The Kier molecular flexibility index (Phi) is 7.94. The normalized spacial score (nSPS) is 12.8. The Morgan fingerprint density at radius 3 is 1.58 bits per heavy atom. The van der Waals surface area contributed by atoms with Crippen molar-refractivity contribution in [2.24, 2.45) is 0 Å². The van der Waals surface area contributed by atoms with Crippen LogP contribution in [-0.4, -0.2) is 15.0 Å². The quantitative estimate of drug-likeness (QED) is 0.169. The fraction of sp³-hybridized carbons (Fsp3) is 0.0179. The van der Waals surface area contributed by atoms with Gasteiger partial charge < -0.3 is 0 Å². The van der Waals surface area contributed by atoms with Crippen molar-refractivity contribution in [2.75, 3.05) is 0 Å². The van der Waals surface area contributed by atoms with Crippen molar-refractivity contribution in [2.45, 2.75) is 5.41 Å². The summed E-state index contributed by atoms with van der Waals surface area (Å²) in [5.41, 5.74) is 12.4. The highest BCUT2D eigenvalue weighted by Crippen LogP contribution is 2.57. The van der Waals surface area contributed by atoms with E-state index < -0.39 is 5.41 Å². The minimum absolute atomic E-state index is 0.479. The number of nitrogens with zero attached hydrogens (tertiary/aromatic N) is 3. The molecule has 280 valence electrons. The molecule has 0 bridgehead atoms. The maximum atomic E-state index is 5.20. The van der Waals surface area contributed by atoms with Gasteiger partial charge in [0.2, 0.25) is 0 Å². The van der Waals surface area contributed by atoms with Gasteiger partial charge in [-0.05, 0) is 85.6 Å². The van der Waals surface area contributed by atoms with E-state index in [0.717, 1.165) is 33.0 Å². The zero-order valence-electron chi connectivity index (χ0n) is 32.5. The molecule has 0 unspecified atom stereocenters. The third-order valence-electron chi connectivity index (χ3n) is 12.2. The van der Waals surface area contributed by atoms with Crippen LogP contribution in [-0.2, 0) is 5.41 Å². The van der Waals surface area contributed by atoms with Gasteiger partial charge in [0.05, 0.1) is 5.41 Å². The number of benzene rings is 9. The molecule has 12 rings (SSSR count). The summed E-state index contributed by atoms with van der Waals surface area (Å²) in [4.78, 5) is 15.4. The molecule has 1 aliphatic carbocycles. The Labute approximate surface area is 352 Å². The number of hydrogen-bond donors (Lipinski definition) is 0. The molecule has 0 saturated heterocycles. The van der Waals surface area contributed by atoms with E-state index in [1.807, 2.05) is 47.7 Å². The minimum atomic E-state index is -0.479. The lowest BCUT2D eigenvalue weighted by atomic mass is 9.67. The molecule has 4 heteroatoms. The van der Waals surface area contributed by atoms with Crippen molar-refractivity contribution in [3.63, 3.8) is 0 Å². The standard InChI is InChI=1S/C56H35N3S/c1-4-17-36(18-5-1)53-57-54(37-19-6-2-7-20-37)59-55(58-53)46-34-39(33-38-21-10-11-24-42(38)46)43-27-16-30-51-52(43)47-35-41(31-32-50(47)60-51)56(40-22-8-3-9-23-40)48-28-14-12-25-44(48)45-26-13-15-29-49(45)56/h1-35H. The molecule has 0 radical (unpaired) electrons. The van der Waals surface area contributed by atoms with Crippen molar-refractivity contribution >= 4 is 42.3 Å². The molecule has 60 heavy (non-hydrogen) atoms. The predicted molar refractivity (Wildman–Crippen MR) is 249 cm³/mol. The molecule has 0 aliphatic heterocycles. The molecule has 0 spiro atoms. The Bertz CT molecular complexity index is 3330. The third-order valence-corrected chi connectivity index (χ3v) is 13.3. The summed E-state index contributed by atoms with van der Waals surface area (Å²) in [6.07, 6.45) is 0. The first kappa shape index (κ1) is 34.5. The monoisotopic (exact) mass is 781 g/mol. The van der Waals surface area contributed by atoms with Crippen LogP contribution >= 0.6 is 11.3 Å². The van der Waals surface area contributed by atoms with Gasteiger partial charge in [0.25, 0.3) is 0 Å². The van der Waals surface area contributed by atoms with Crippen molar-refractivity contribution in [1.82, 2.24) is 15.0 Å². The van der Waals surface area contributed by atoms with Crippen LogP contribution in [0.3, 0.4) is 0 Å². The highest BCUT2D eigenvalue weighted by Gasteiger charge is 2.46. The molecular formula is C56H35N3S. The summed E-state index contributed by atoms with van der Waals surface area (Å²) in [5, 5.41) is 4.74. The molecule has 9 aromatic carbocycles. The highest BCUT2D eigenvalue weighted by molar-refractivity contribution is 7.26. The average molecular weight is 782 g/mol. The van der Waals surface area contributed by atoms with Crippen LogP contribution in [0.4, 0.5) is 0 Å². The van der Waals surface area contributed by atoms with Gasteiger partial charge in [-0.15, -0.1) is 11.3 Å². The van der Waals surface area contributed by atoms with Crippen LogP contribution in [0.1, 0.15) is 22.3 Å².